The van der Waals surface area contributed by atoms with Gasteiger partial charge in [-0.2, -0.15) is 0 Å². The van der Waals surface area contributed by atoms with Gasteiger partial charge in [-0.15, -0.1) is 0 Å². The van der Waals surface area contributed by atoms with E-state index in [4.69, 9.17) is 21.1 Å². The fraction of sp³-hybridized carbons (Fsp3) is 0.647. The van der Waals surface area contributed by atoms with Gasteiger partial charge in [-0.25, -0.2) is 9.78 Å². The molecule has 1 aromatic heterocycles. The summed E-state index contributed by atoms with van der Waals surface area (Å²) in [5.74, 6) is 0.351. The van der Waals surface area contributed by atoms with Crippen molar-refractivity contribution in [1.29, 1.82) is 0 Å². The highest BCUT2D eigenvalue weighted by atomic mass is 35.5. The van der Waals surface area contributed by atoms with E-state index in [1.165, 1.54) is 6.92 Å². The largest absolute Gasteiger partial charge is 0.490 e. The predicted octanol–water partition coefficient (Wildman–Crippen LogP) is 2.46. The summed E-state index contributed by atoms with van der Waals surface area (Å²) in [6.07, 6.45) is -0.0773. The topological polar surface area (TPSA) is 101 Å². The van der Waals surface area contributed by atoms with Gasteiger partial charge in [0.25, 0.3) is 0 Å². The van der Waals surface area contributed by atoms with Gasteiger partial charge in [0.15, 0.2) is 10.9 Å². The summed E-state index contributed by atoms with van der Waals surface area (Å²) in [4.78, 5) is 16.4. The van der Waals surface area contributed by atoms with E-state index >= 15 is 0 Å². The molecule has 0 spiro atoms. The second kappa shape index (κ2) is 6.63. The number of carbonyl (C=O) groups is 1. The molecule has 0 fully saturated rings. The van der Waals surface area contributed by atoms with Crippen LogP contribution in [0.3, 0.4) is 0 Å². The third-order valence-electron chi connectivity index (χ3n) is 4.01. The summed E-state index contributed by atoms with van der Waals surface area (Å²) < 4.78 is 10.9. The van der Waals surface area contributed by atoms with Crippen molar-refractivity contribution >= 4 is 17.7 Å². The van der Waals surface area contributed by atoms with Crippen LogP contribution in [0, 0.1) is 0 Å². The zero-order chi connectivity index (χ0) is 19.0. The maximum Gasteiger partial charge on any atom is 0.408 e. The van der Waals surface area contributed by atoms with Gasteiger partial charge in [0.05, 0.1) is 24.4 Å². The van der Waals surface area contributed by atoms with Gasteiger partial charge >= 0.3 is 6.09 Å². The van der Waals surface area contributed by atoms with Crippen molar-refractivity contribution in [1.82, 2.24) is 10.3 Å². The lowest BCUT2D eigenvalue weighted by Crippen LogP contribution is -2.48. The standard InChI is InChI=1S/C17H25ClN2O5/c1-15(2,3)25-14(22)20-16(4)6-7-24-12-10(16)8-11(19-13(12)18)17(5,23)9-21/h8,21,23H,6-7,9H2,1-5H3,(H,20,22). The molecule has 1 aliphatic rings. The van der Waals surface area contributed by atoms with Crippen molar-refractivity contribution in [2.45, 2.75) is 57.8 Å². The number of halogens is 1. The van der Waals surface area contributed by atoms with Crippen molar-refractivity contribution in [3.8, 4) is 5.75 Å². The van der Waals surface area contributed by atoms with Crippen molar-refractivity contribution in [3.63, 3.8) is 0 Å². The van der Waals surface area contributed by atoms with Crippen LogP contribution in [-0.4, -0.2) is 40.1 Å². The molecular weight excluding hydrogens is 348 g/mol. The average Bonchev–Trinajstić information content (AvgIpc) is 2.45. The maximum absolute atomic E-state index is 12.3. The smallest absolute Gasteiger partial charge is 0.408 e. The average molecular weight is 373 g/mol. The van der Waals surface area contributed by atoms with Gasteiger partial charge in [-0.05, 0) is 40.7 Å². The van der Waals surface area contributed by atoms with E-state index in [0.29, 0.717) is 24.3 Å². The lowest BCUT2D eigenvalue weighted by molar-refractivity contribution is -0.00620. The summed E-state index contributed by atoms with van der Waals surface area (Å²) in [5, 5.41) is 22.6. The molecule has 25 heavy (non-hydrogen) atoms. The zero-order valence-electron chi connectivity index (χ0n) is 15.1. The number of hydrogen-bond donors (Lipinski definition) is 3. The molecular formula is C17H25ClN2O5. The second-order valence-electron chi connectivity index (χ2n) is 7.66. The number of ether oxygens (including phenoxy) is 2. The van der Waals surface area contributed by atoms with E-state index in [0.717, 1.165) is 0 Å². The van der Waals surface area contributed by atoms with Gasteiger partial charge < -0.3 is 25.0 Å². The predicted molar refractivity (Wildman–Crippen MR) is 92.7 cm³/mol. The molecule has 2 unspecified atom stereocenters. The Morgan fingerprint density at radius 2 is 2.12 bits per heavy atom. The third-order valence-corrected chi connectivity index (χ3v) is 4.27. The van der Waals surface area contributed by atoms with Crippen LogP contribution in [0.5, 0.6) is 5.75 Å². The highest BCUT2D eigenvalue weighted by Gasteiger charge is 2.39. The molecule has 1 aromatic rings. The fourth-order valence-corrected chi connectivity index (χ4v) is 2.80. The molecule has 2 atom stereocenters. The summed E-state index contributed by atoms with van der Waals surface area (Å²) in [5.41, 5.74) is -2.24. The lowest BCUT2D eigenvalue weighted by atomic mass is 9.85. The van der Waals surface area contributed by atoms with E-state index in [1.807, 2.05) is 6.92 Å². The first kappa shape index (κ1) is 19.8. The quantitative estimate of drug-likeness (QED) is 0.704. The first-order valence-electron chi connectivity index (χ1n) is 8.07. The molecule has 2 heterocycles. The molecule has 0 bridgehead atoms. The van der Waals surface area contributed by atoms with E-state index in [9.17, 15) is 15.0 Å². The monoisotopic (exact) mass is 372 g/mol. The fourth-order valence-electron chi connectivity index (χ4n) is 2.56. The third kappa shape index (κ3) is 4.34. The van der Waals surface area contributed by atoms with E-state index in [-0.39, 0.29) is 10.8 Å². The van der Waals surface area contributed by atoms with Crippen LogP contribution in [0.25, 0.3) is 0 Å². The number of aliphatic hydroxyl groups excluding tert-OH is 1. The molecule has 0 saturated carbocycles. The van der Waals surface area contributed by atoms with Gasteiger partial charge in [-0.1, -0.05) is 11.6 Å². The minimum absolute atomic E-state index is 0.0677. The molecule has 0 radical (unpaired) electrons. The molecule has 0 aliphatic carbocycles. The Morgan fingerprint density at radius 3 is 2.68 bits per heavy atom. The number of fused-ring (bicyclic) bond motifs is 1. The first-order valence-corrected chi connectivity index (χ1v) is 8.44. The minimum atomic E-state index is -1.57. The Morgan fingerprint density at radius 1 is 1.48 bits per heavy atom. The Kier molecular flexibility index (Phi) is 5.23. The van der Waals surface area contributed by atoms with E-state index in [1.54, 1.807) is 26.8 Å². The van der Waals surface area contributed by atoms with Gasteiger partial charge in [0.2, 0.25) is 0 Å². The number of carbonyl (C=O) groups excluding carboxylic acids is 1. The van der Waals surface area contributed by atoms with Gasteiger partial charge in [-0.3, -0.25) is 0 Å². The number of aromatic nitrogens is 1. The Balaban J connectivity index is 2.44. The number of rotatable bonds is 3. The Bertz CT molecular complexity index is 672. The maximum atomic E-state index is 12.3. The SMILES string of the molecule is CC(C)(C)OC(=O)NC1(C)CCOc2c1cc(C(C)(O)CO)nc2Cl. The highest BCUT2D eigenvalue weighted by Crippen LogP contribution is 2.42. The number of nitrogens with zero attached hydrogens (tertiary/aromatic N) is 1. The van der Waals surface area contributed by atoms with Gasteiger partial charge in [0.1, 0.15) is 11.2 Å². The Labute approximate surface area is 152 Å². The lowest BCUT2D eigenvalue weighted by Gasteiger charge is -2.38. The molecule has 3 N–H and O–H groups in total. The van der Waals surface area contributed by atoms with Crippen molar-refractivity contribution in [2.24, 2.45) is 0 Å². The van der Waals surface area contributed by atoms with Crippen LogP contribution < -0.4 is 10.1 Å². The number of aliphatic hydroxyl groups is 2. The van der Waals surface area contributed by atoms with Crippen LogP contribution in [0.4, 0.5) is 4.79 Å². The van der Waals surface area contributed by atoms with Crippen LogP contribution >= 0.6 is 11.6 Å². The van der Waals surface area contributed by atoms with Crippen LogP contribution in [-0.2, 0) is 15.9 Å². The number of nitrogens with one attached hydrogen (secondary N) is 1. The second-order valence-corrected chi connectivity index (χ2v) is 8.02. The van der Waals surface area contributed by atoms with E-state index < -0.39 is 29.4 Å². The zero-order valence-corrected chi connectivity index (χ0v) is 15.9. The molecule has 8 heteroatoms. The molecule has 7 nitrogen and oxygen atoms in total. The molecule has 140 valence electrons. The van der Waals surface area contributed by atoms with Crippen LogP contribution in [0.15, 0.2) is 6.07 Å². The minimum Gasteiger partial charge on any atom is -0.490 e. The number of alkyl carbamates (subject to hydrolysis) is 1. The Hall–Kier alpha value is -1.57. The highest BCUT2D eigenvalue weighted by molar-refractivity contribution is 6.31. The summed E-state index contributed by atoms with van der Waals surface area (Å²) in [6, 6.07) is 1.59. The molecule has 1 aliphatic heterocycles. The molecule has 1 amide bonds. The summed E-state index contributed by atoms with van der Waals surface area (Å²) in [7, 11) is 0. The summed E-state index contributed by atoms with van der Waals surface area (Å²) >= 11 is 6.21. The summed E-state index contributed by atoms with van der Waals surface area (Å²) in [6.45, 7) is 8.42. The molecule has 0 aromatic carbocycles. The number of pyridine rings is 1. The van der Waals surface area contributed by atoms with Crippen LogP contribution in [0.2, 0.25) is 5.15 Å². The van der Waals surface area contributed by atoms with Crippen molar-refractivity contribution in [3.05, 3.63) is 22.5 Å². The van der Waals surface area contributed by atoms with Crippen molar-refractivity contribution < 1.29 is 24.5 Å². The van der Waals surface area contributed by atoms with Crippen molar-refractivity contribution in [2.75, 3.05) is 13.2 Å². The van der Waals surface area contributed by atoms with E-state index in [2.05, 4.69) is 10.3 Å². The normalized spacial score (nSPS) is 22.4. The molecule has 0 saturated heterocycles. The van der Waals surface area contributed by atoms with Gasteiger partial charge in [0, 0.05) is 12.0 Å². The number of amides is 1. The number of hydrogen-bond acceptors (Lipinski definition) is 6. The van der Waals surface area contributed by atoms with Crippen LogP contribution in [0.1, 0.15) is 52.3 Å². The molecule has 2 rings (SSSR count). The first-order chi connectivity index (χ1) is 11.4.